The number of nitrogens with zero attached hydrogens (tertiary/aromatic N) is 1. The van der Waals surface area contributed by atoms with Crippen molar-refractivity contribution in [1.29, 1.82) is 0 Å². The summed E-state index contributed by atoms with van der Waals surface area (Å²) < 4.78 is 10.8. The minimum Gasteiger partial charge on any atom is -0.493 e. The first-order valence-electron chi connectivity index (χ1n) is 8.01. The molecule has 0 amide bonds. The Labute approximate surface area is 155 Å². The van der Waals surface area contributed by atoms with Crippen LogP contribution in [-0.4, -0.2) is 26.5 Å². The molecule has 25 heavy (non-hydrogen) atoms. The molecule has 0 aromatic heterocycles. The second kappa shape index (κ2) is 9.09. The smallest absolute Gasteiger partial charge is 0.161 e. The van der Waals surface area contributed by atoms with Gasteiger partial charge >= 0.3 is 0 Å². The van der Waals surface area contributed by atoms with Gasteiger partial charge in [-0.2, -0.15) is 0 Å². The summed E-state index contributed by atoms with van der Waals surface area (Å²) in [6, 6.07) is 14.3. The topological polar surface area (TPSA) is 30.8 Å². The summed E-state index contributed by atoms with van der Waals surface area (Å²) in [7, 11) is 3.32. The summed E-state index contributed by atoms with van der Waals surface area (Å²) in [5.41, 5.74) is 4.52. The molecule has 1 heterocycles. The Hall–Kier alpha value is -2.52. The average molecular weight is 356 g/mol. The SMILES string of the molecule is COc1cc2c(cc1OC)C(/C=C/C=C/c1ccccc1)=NCC2.Cl. The van der Waals surface area contributed by atoms with Gasteiger partial charge in [-0.1, -0.05) is 48.6 Å². The number of fused-ring (bicyclic) bond motifs is 1. The first kappa shape index (κ1) is 18.8. The van der Waals surface area contributed by atoms with Crippen LogP contribution in [0, 0.1) is 0 Å². The fourth-order valence-corrected chi connectivity index (χ4v) is 2.77. The van der Waals surface area contributed by atoms with Crippen molar-refractivity contribution in [3.8, 4) is 11.5 Å². The van der Waals surface area contributed by atoms with E-state index in [-0.39, 0.29) is 12.4 Å². The van der Waals surface area contributed by atoms with Gasteiger partial charge < -0.3 is 9.47 Å². The van der Waals surface area contributed by atoms with E-state index in [0.717, 1.165) is 35.7 Å². The molecule has 1 aliphatic heterocycles. The molecule has 0 aliphatic carbocycles. The summed E-state index contributed by atoms with van der Waals surface area (Å²) in [4.78, 5) is 4.65. The van der Waals surface area contributed by atoms with Gasteiger partial charge in [0.25, 0.3) is 0 Å². The molecule has 4 heteroatoms. The molecular formula is C21H22ClNO2. The van der Waals surface area contributed by atoms with Gasteiger partial charge in [0.2, 0.25) is 0 Å². The van der Waals surface area contributed by atoms with Crippen LogP contribution < -0.4 is 9.47 Å². The molecule has 130 valence electrons. The van der Waals surface area contributed by atoms with Crippen molar-refractivity contribution in [3.05, 3.63) is 77.4 Å². The Morgan fingerprint density at radius 3 is 2.32 bits per heavy atom. The molecule has 3 rings (SSSR count). The van der Waals surface area contributed by atoms with E-state index in [2.05, 4.69) is 29.3 Å². The Bertz CT molecular complexity index is 795. The molecule has 0 saturated carbocycles. The zero-order valence-electron chi connectivity index (χ0n) is 14.4. The van der Waals surface area contributed by atoms with Gasteiger partial charge in [0.1, 0.15) is 0 Å². The summed E-state index contributed by atoms with van der Waals surface area (Å²) in [5, 5.41) is 0. The van der Waals surface area contributed by atoms with Gasteiger partial charge in [-0.3, -0.25) is 4.99 Å². The highest BCUT2D eigenvalue weighted by atomic mass is 35.5. The zero-order chi connectivity index (χ0) is 16.8. The van der Waals surface area contributed by atoms with Crippen LogP contribution in [0.4, 0.5) is 0 Å². The number of rotatable bonds is 5. The van der Waals surface area contributed by atoms with Crippen molar-refractivity contribution in [2.45, 2.75) is 6.42 Å². The van der Waals surface area contributed by atoms with E-state index in [1.54, 1.807) is 14.2 Å². The average Bonchev–Trinajstić information content (AvgIpc) is 2.65. The van der Waals surface area contributed by atoms with E-state index >= 15 is 0 Å². The summed E-state index contributed by atoms with van der Waals surface area (Å²) in [6.07, 6.45) is 9.11. The minimum absolute atomic E-state index is 0. The van der Waals surface area contributed by atoms with Crippen LogP contribution >= 0.6 is 12.4 Å². The maximum Gasteiger partial charge on any atom is 0.161 e. The minimum atomic E-state index is 0. The van der Waals surface area contributed by atoms with Gasteiger partial charge in [0.05, 0.1) is 19.9 Å². The van der Waals surface area contributed by atoms with Gasteiger partial charge in [-0.25, -0.2) is 0 Å². The number of ether oxygens (including phenoxy) is 2. The molecule has 0 saturated heterocycles. The molecule has 3 nitrogen and oxygen atoms in total. The largest absolute Gasteiger partial charge is 0.493 e. The maximum atomic E-state index is 5.42. The summed E-state index contributed by atoms with van der Waals surface area (Å²) in [6.45, 7) is 0.796. The molecule has 0 spiro atoms. The van der Waals surface area contributed by atoms with Crippen LogP contribution in [0.5, 0.6) is 11.5 Å². The third-order valence-corrected chi connectivity index (χ3v) is 4.00. The van der Waals surface area contributed by atoms with Crippen LogP contribution in [0.3, 0.4) is 0 Å². The van der Waals surface area contributed by atoms with Crippen LogP contribution in [0.25, 0.3) is 6.08 Å². The lowest BCUT2D eigenvalue weighted by Crippen LogP contribution is -2.11. The van der Waals surface area contributed by atoms with Crippen molar-refractivity contribution >= 4 is 24.2 Å². The van der Waals surface area contributed by atoms with Gasteiger partial charge in [-0.05, 0) is 35.8 Å². The quantitative estimate of drug-likeness (QED) is 0.725. The molecule has 0 unspecified atom stereocenters. The molecule has 1 aliphatic rings. The van der Waals surface area contributed by atoms with Crippen molar-refractivity contribution in [1.82, 2.24) is 0 Å². The third kappa shape index (κ3) is 4.52. The monoisotopic (exact) mass is 355 g/mol. The molecule has 0 radical (unpaired) electrons. The highest BCUT2D eigenvalue weighted by Crippen LogP contribution is 2.32. The maximum absolute atomic E-state index is 5.42. The summed E-state index contributed by atoms with van der Waals surface area (Å²) >= 11 is 0. The Morgan fingerprint density at radius 2 is 1.60 bits per heavy atom. The number of aliphatic imine (C=N–C) groups is 1. The van der Waals surface area contributed by atoms with E-state index < -0.39 is 0 Å². The fourth-order valence-electron chi connectivity index (χ4n) is 2.77. The van der Waals surface area contributed by atoms with E-state index in [9.17, 15) is 0 Å². The molecule has 2 aromatic carbocycles. The molecule has 0 bridgehead atoms. The molecule has 2 aromatic rings. The van der Waals surface area contributed by atoms with E-state index in [0.29, 0.717) is 0 Å². The third-order valence-electron chi connectivity index (χ3n) is 4.00. The Kier molecular flexibility index (Phi) is 6.84. The predicted octanol–water partition coefficient (Wildman–Crippen LogP) is 4.74. The Balaban J connectivity index is 0.00000225. The molecule has 0 N–H and O–H groups in total. The molecular weight excluding hydrogens is 334 g/mol. The molecule has 0 fully saturated rings. The van der Waals surface area contributed by atoms with Crippen molar-refractivity contribution < 1.29 is 9.47 Å². The lowest BCUT2D eigenvalue weighted by atomic mass is 9.96. The first-order valence-corrected chi connectivity index (χ1v) is 8.01. The lowest BCUT2D eigenvalue weighted by Gasteiger charge is -2.18. The first-order chi connectivity index (χ1) is 11.8. The number of hydrogen-bond donors (Lipinski definition) is 0. The summed E-state index contributed by atoms with van der Waals surface area (Å²) in [5.74, 6) is 1.50. The number of hydrogen-bond acceptors (Lipinski definition) is 3. The van der Waals surface area contributed by atoms with E-state index in [1.807, 2.05) is 42.5 Å². The van der Waals surface area contributed by atoms with Crippen LogP contribution in [0.2, 0.25) is 0 Å². The highest BCUT2D eigenvalue weighted by Gasteiger charge is 2.16. The highest BCUT2D eigenvalue weighted by molar-refractivity contribution is 6.10. The molecule has 0 atom stereocenters. The normalized spacial score (nSPS) is 13.3. The second-order valence-corrected chi connectivity index (χ2v) is 5.51. The van der Waals surface area contributed by atoms with Gasteiger partial charge in [-0.15, -0.1) is 12.4 Å². The number of methoxy groups -OCH3 is 2. The number of halogens is 1. The van der Waals surface area contributed by atoms with Crippen molar-refractivity contribution in [3.63, 3.8) is 0 Å². The van der Waals surface area contributed by atoms with Crippen LogP contribution in [-0.2, 0) is 6.42 Å². The standard InChI is InChI=1S/C21H21NO2.ClH/c1-23-20-14-17-12-13-22-19(18(17)15-21(20)24-2)11-7-6-10-16-8-4-3-5-9-16;/h3-11,14-15H,12-13H2,1-2H3;1H/b10-6+,11-7+;. The number of benzene rings is 2. The lowest BCUT2D eigenvalue weighted by molar-refractivity contribution is 0.354. The van der Waals surface area contributed by atoms with Crippen molar-refractivity contribution in [2.24, 2.45) is 4.99 Å². The van der Waals surface area contributed by atoms with Crippen molar-refractivity contribution in [2.75, 3.05) is 20.8 Å². The van der Waals surface area contributed by atoms with E-state index in [1.165, 1.54) is 11.1 Å². The Morgan fingerprint density at radius 1 is 0.920 bits per heavy atom. The second-order valence-electron chi connectivity index (χ2n) is 5.51. The van der Waals surface area contributed by atoms with Gasteiger partial charge in [0.15, 0.2) is 11.5 Å². The van der Waals surface area contributed by atoms with Gasteiger partial charge in [0, 0.05) is 12.1 Å². The predicted molar refractivity (Wildman–Crippen MR) is 107 cm³/mol. The van der Waals surface area contributed by atoms with E-state index in [4.69, 9.17) is 9.47 Å². The fraction of sp³-hybridized carbons (Fsp3) is 0.190. The zero-order valence-corrected chi connectivity index (χ0v) is 15.3. The van der Waals surface area contributed by atoms with Crippen LogP contribution in [0.1, 0.15) is 16.7 Å². The number of allylic oxidation sites excluding steroid dienone is 3. The van der Waals surface area contributed by atoms with Crippen LogP contribution in [0.15, 0.2) is 65.7 Å².